The Kier molecular flexibility index (Phi) is 8.17. The van der Waals surface area contributed by atoms with E-state index in [1.807, 2.05) is 35.4 Å². The molecule has 0 aromatic carbocycles. The zero-order valence-corrected chi connectivity index (χ0v) is 21.9. The van der Waals surface area contributed by atoms with Gasteiger partial charge in [0.2, 0.25) is 11.8 Å². The minimum absolute atomic E-state index is 0.148. The van der Waals surface area contributed by atoms with Crippen LogP contribution in [0.25, 0.3) is 0 Å². The summed E-state index contributed by atoms with van der Waals surface area (Å²) in [6.45, 7) is 14.1. The van der Waals surface area contributed by atoms with Crippen molar-refractivity contribution in [3.63, 3.8) is 0 Å². The molecule has 4 rings (SSSR count). The van der Waals surface area contributed by atoms with Crippen LogP contribution in [0.15, 0.2) is 22.8 Å². The van der Waals surface area contributed by atoms with Gasteiger partial charge in [0.25, 0.3) is 0 Å². The molecule has 9 heteroatoms. The van der Waals surface area contributed by atoms with E-state index in [0.717, 1.165) is 56.3 Å². The molecule has 2 unspecified atom stereocenters. The summed E-state index contributed by atoms with van der Waals surface area (Å²) in [5.74, 6) is 2.46. The van der Waals surface area contributed by atoms with Crippen molar-refractivity contribution in [2.45, 2.75) is 40.7 Å². The molecule has 2 saturated heterocycles. The number of aromatic nitrogens is 1. The van der Waals surface area contributed by atoms with Crippen LogP contribution in [0.2, 0.25) is 0 Å². The van der Waals surface area contributed by atoms with Crippen LogP contribution in [0.5, 0.6) is 0 Å². The highest BCUT2D eigenvalue weighted by Gasteiger charge is 2.28. The Morgan fingerprint density at radius 1 is 1.08 bits per heavy atom. The van der Waals surface area contributed by atoms with Crippen molar-refractivity contribution in [3.8, 4) is 6.07 Å². The van der Waals surface area contributed by atoms with Crippen LogP contribution in [-0.2, 0) is 16.1 Å². The maximum atomic E-state index is 13.0. The number of hydrogen-bond acceptors (Lipinski definition) is 6. The number of furan rings is 1. The van der Waals surface area contributed by atoms with Gasteiger partial charge in [-0.15, -0.1) is 0 Å². The summed E-state index contributed by atoms with van der Waals surface area (Å²) in [7, 11) is 0. The van der Waals surface area contributed by atoms with Crippen LogP contribution >= 0.6 is 0 Å². The highest BCUT2D eigenvalue weighted by Crippen LogP contribution is 2.27. The molecule has 1 N–H and O–H groups in total. The number of nitrogens with zero attached hydrogens (tertiary/aromatic N) is 5. The van der Waals surface area contributed by atoms with E-state index in [-0.39, 0.29) is 18.4 Å². The highest BCUT2D eigenvalue weighted by atomic mass is 16.3. The van der Waals surface area contributed by atoms with Gasteiger partial charge in [-0.05, 0) is 49.8 Å². The molecule has 2 fully saturated rings. The van der Waals surface area contributed by atoms with Crippen LogP contribution in [0.4, 0.5) is 5.82 Å². The zero-order valence-electron chi connectivity index (χ0n) is 21.9. The van der Waals surface area contributed by atoms with Crippen molar-refractivity contribution in [1.29, 1.82) is 5.26 Å². The van der Waals surface area contributed by atoms with Crippen molar-refractivity contribution in [3.05, 3.63) is 41.0 Å². The molecule has 4 heterocycles. The number of hydrogen-bond donors (Lipinski definition) is 1. The first-order valence-electron chi connectivity index (χ1n) is 12.9. The quantitative estimate of drug-likeness (QED) is 0.636. The fourth-order valence-electron chi connectivity index (χ4n) is 5.52. The number of likely N-dealkylation sites (tertiary alicyclic amines) is 1. The van der Waals surface area contributed by atoms with Crippen LogP contribution in [-0.4, -0.2) is 83.4 Å². The second-order valence-electron chi connectivity index (χ2n) is 10.6. The molecule has 0 aliphatic carbocycles. The van der Waals surface area contributed by atoms with Gasteiger partial charge in [-0.1, -0.05) is 13.8 Å². The van der Waals surface area contributed by atoms with E-state index >= 15 is 0 Å². The Hall–Kier alpha value is -3.09. The fourth-order valence-corrected chi connectivity index (χ4v) is 5.52. The Morgan fingerprint density at radius 2 is 1.72 bits per heavy atom. The normalized spacial score (nSPS) is 21.4. The minimum Gasteiger partial charge on any atom is -0.467 e. The number of carbonyl (C=O) groups is 2. The van der Waals surface area contributed by atoms with Crippen molar-refractivity contribution >= 4 is 17.6 Å². The molecule has 194 valence electrons. The molecule has 2 aromatic rings. The van der Waals surface area contributed by atoms with Gasteiger partial charge in [-0.3, -0.25) is 19.4 Å². The largest absolute Gasteiger partial charge is 0.467 e. The molecule has 0 spiro atoms. The molecule has 2 amide bonds. The Morgan fingerprint density at radius 3 is 2.31 bits per heavy atom. The molecule has 2 aliphatic heterocycles. The fraction of sp³-hybridized carbons (Fsp3) is 0.593. The van der Waals surface area contributed by atoms with Crippen molar-refractivity contribution in [2.75, 3.05) is 57.7 Å². The molecular weight excluding hydrogens is 456 g/mol. The standard InChI is InChI=1S/C27H38N6O3/c1-19-12-20(2)15-32(14-19)26(35)18-31-9-7-30(8-10-31)17-25(34)29-27-24(13-28)21(3)22(4)33(27)16-23-6-5-11-36-23/h5-6,11,19-20H,7-10,12,14-18H2,1-4H3,(H,29,34). The first-order valence-corrected chi connectivity index (χ1v) is 12.9. The van der Waals surface area contributed by atoms with E-state index in [4.69, 9.17) is 4.42 Å². The summed E-state index contributed by atoms with van der Waals surface area (Å²) in [6.07, 6.45) is 2.80. The molecule has 2 aromatic heterocycles. The predicted octanol–water partition coefficient (Wildman–Crippen LogP) is 2.68. The first kappa shape index (κ1) is 26.0. The second kappa shape index (κ2) is 11.3. The van der Waals surface area contributed by atoms with E-state index in [1.54, 1.807) is 6.26 Å². The summed E-state index contributed by atoms with van der Waals surface area (Å²) in [5.41, 5.74) is 2.27. The average molecular weight is 495 g/mol. The second-order valence-corrected chi connectivity index (χ2v) is 10.6. The van der Waals surface area contributed by atoms with Crippen LogP contribution in [0.1, 0.15) is 42.8 Å². The number of piperidine rings is 1. The van der Waals surface area contributed by atoms with E-state index in [0.29, 0.717) is 36.3 Å². The lowest BCUT2D eigenvalue weighted by Crippen LogP contribution is -2.52. The number of carbonyl (C=O) groups excluding carboxylic acids is 2. The average Bonchev–Trinajstić information content (AvgIpc) is 3.42. The van der Waals surface area contributed by atoms with Gasteiger partial charge >= 0.3 is 0 Å². The molecule has 0 radical (unpaired) electrons. The van der Waals surface area contributed by atoms with E-state index in [2.05, 4.69) is 35.0 Å². The number of nitrogens with one attached hydrogen (secondary N) is 1. The van der Waals surface area contributed by atoms with Crippen LogP contribution in [0, 0.1) is 37.0 Å². The molecule has 2 atom stereocenters. The number of rotatable bonds is 7. The van der Waals surface area contributed by atoms with Crippen molar-refractivity contribution in [2.24, 2.45) is 11.8 Å². The number of piperazine rings is 1. The summed E-state index contributed by atoms with van der Waals surface area (Å²) in [6, 6.07) is 5.95. The Balaban J connectivity index is 1.30. The van der Waals surface area contributed by atoms with Crippen molar-refractivity contribution < 1.29 is 14.0 Å². The van der Waals surface area contributed by atoms with Gasteiger partial charge in [0.1, 0.15) is 17.6 Å². The third kappa shape index (κ3) is 6.00. The topological polar surface area (TPSA) is 97.7 Å². The summed E-state index contributed by atoms with van der Waals surface area (Å²) in [4.78, 5) is 32.1. The zero-order chi connectivity index (χ0) is 25.8. The summed E-state index contributed by atoms with van der Waals surface area (Å²) < 4.78 is 7.41. The molecule has 9 nitrogen and oxygen atoms in total. The molecule has 2 aliphatic rings. The maximum Gasteiger partial charge on any atom is 0.239 e. The number of nitriles is 1. The molecule has 0 bridgehead atoms. The van der Waals surface area contributed by atoms with E-state index in [9.17, 15) is 14.9 Å². The van der Waals surface area contributed by atoms with Crippen molar-refractivity contribution in [1.82, 2.24) is 19.3 Å². The number of amides is 2. The van der Waals surface area contributed by atoms with Gasteiger partial charge < -0.3 is 19.2 Å². The Bertz CT molecular complexity index is 1100. The van der Waals surface area contributed by atoms with E-state index in [1.165, 1.54) is 6.42 Å². The molecule has 36 heavy (non-hydrogen) atoms. The predicted molar refractivity (Wildman–Crippen MR) is 137 cm³/mol. The maximum absolute atomic E-state index is 13.0. The lowest BCUT2D eigenvalue weighted by molar-refractivity contribution is -0.135. The number of anilines is 1. The summed E-state index contributed by atoms with van der Waals surface area (Å²) in [5, 5.41) is 12.7. The smallest absolute Gasteiger partial charge is 0.239 e. The van der Waals surface area contributed by atoms with Gasteiger partial charge in [0.05, 0.1) is 31.5 Å². The minimum atomic E-state index is -0.148. The van der Waals surface area contributed by atoms with Gasteiger partial charge in [0.15, 0.2) is 0 Å². The first-order chi connectivity index (χ1) is 17.2. The SMILES string of the molecule is Cc1c(C#N)c(NC(=O)CN2CCN(CC(=O)N3CC(C)CC(C)C3)CC2)n(Cc2ccco2)c1C. The molecular formula is C27H38N6O3. The van der Waals surface area contributed by atoms with E-state index < -0.39 is 0 Å². The van der Waals surface area contributed by atoms with Crippen LogP contribution < -0.4 is 5.32 Å². The van der Waals surface area contributed by atoms with Crippen LogP contribution in [0.3, 0.4) is 0 Å². The van der Waals surface area contributed by atoms with Gasteiger partial charge in [0, 0.05) is 45.0 Å². The lowest BCUT2D eigenvalue weighted by Gasteiger charge is -2.38. The van der Waals surface area contributed by atoms with Gasteiger partial charge in [-0.25, -0.2) is 0 Å². The highest BCUT2D eigenvalue weighted by molar-refractivity contribution is 5.93. The summed E-state index contributed by atoms with van der Waals surface area (Å²) >= 11 is 0. The van der Waals surface area contributed by atoms with Gasteiger partial charge in [-0.2, -0.15) is 5.26 Å². The Labute approximate surface area is 213 Å². The lowest BCUT2D eigenvalue weighted by atomic mass is 9.92. The third-order valence-electron chi connectivity index (χ3n) is 7.51. The monoisotopic (exact) mass is 494 g/mol. The molecule has 0 saturated carbocycles. The third-order valence-corrected chi connectivity index (χ3v) is 7.51.